The molecule has 0 radical (unpaired) electrons. The number of aromatic nitrogens is 1. The molecule has 0 saturated carbocycles. The molecule has 18 heavy (non-hydrogen) atoms. The number of pyridine rings is 1. The maximum atomic E-state index is 6.01. The van der Waals surface area contributed by atoms with Crippen LogP contribution in [-0.4, -0.2) is 4.98 Å². The zero-order valence-corrected chi connectivity index (χ0v) is 11.2. The monoisotopic (exact) mass is 282 g/mol. The number of nitrogens with two attached hydrogens (primary N) is 1. The summed E-state index contributed by atoms with van der Waals surface area (Å²) in [6, 6.07) is 8.56. The van der Waals surface area contributed by atoms with Gasteiger partial charge in [0.05, 0.1) is 5.02 Å². The lowest BCUT2D eigenvalue weighted by Crippen LogP contribution is -2.05. The molecule has 94 valence electrons. The van der Waals surface area contributed by atoms with Gasteiger partial charge in [0, 0.05) is 29.4 Å². The van der Waals surface area contributed by atoms with E-state index in [4.69, 9.17) is 33.7 Å². The molecule has 5 heteroatoms. The molecule has 0 bridgehead atoms. The molecule has 0 aliphatic heterocycles. The number of ether oxygens (including phenoxy) is 1. The van der Waals surface area contributed by atoms with E-state index in [2.05, 4.69) is 4.98 Å². The zero-order chi connectivity index (χ0) is 13.1. The Morgan fingerprint density at radius 1 is 1.22 bits per heavy atom. The van der Waals surface area contributed by atoms with Crippen LogP contribution in [-0.2, 0) is 0 Å². The van der Waals surface area contributed by atoms with E-state index in [1.54, 1.807) is 30.5 Å². The van der Waals surface area contributed by atoms with Gasteiger partial charge in [0.15, 0.2) is 0 Å². The fraction of sp³-hybridized carbons (Fsp3) is 0.154. The lowest BCUT2D eigenvalue weighted by atomic mass is 10.1. The van der Waals surface area contributed by atoms with Crippen molar-refractivity contribution in [2.75, 3.05) is 0 Å². The third kappa shape index (κ3) is 3.13. The first-order valence-corrected chi connectivity index (χ1v) is 6.16. The first-order chi connectivity index (χ1) is 8.56. The SMILES string of the molecule is C[C@H](N)c1ccnc(Oc2cc(Cl)ccc2Cl)c1. The van der Waals surface area contributed by atoms with Crippen molar-refractivity contribution in [1.82, 2.24) is 4.98 Å². The number of halogens is 2. The van der Waals surface area contributed by atoms with Crippen molar-refractivity contribution in [3.05, 3.63) is 52.1 Å². The molecule has 3 nitrogen and oxygen atoms in total. The zero-order valence-electron chi connectivity index (χ0n) is 9.73. The summed E-state index contributed by atoms with van der Waals surface area (Å²) < 4.78 is 5.60. The second-order valence-corrected chi connectivity index (χ2v) is 4.74. The largest absolute Gasteiger partial charge is 0.437 e. The van der Waals surface area contributed by atoms with E-state index in [0.29, 0.717) is 21.7 Å². The Bertz CT molecular complexity index is 558. The van der Waals surface area contributed by atoms with Crippen LogP contribution in [0, 0.1) is 0 Å². The molecule has 0 amide bonds. The average Bonchev–Trinajstić information content (AvgIpc) is 2.34. The van der Waals surface area contributed by atoms with Gasteiger partial charge in [-0.3, -0.25) is 0 Å². The Balaban J connectivity index is 2.28. The van der Waals surface area contributed by atoms with Crippen LogP contribution in [0.15, 0.2) is 36.5 Å². The smallest absolute Gasteiger partial charge is 0.219 e. The molecular formula is C13H12Cl2N2O. The van der Waals surface area contributed by atoms with E-state index in [1.807, 2.05) is 13.0 Å². The molecule has 0 spiro atoms. The fourth-order valence-electron chi connectivity index (χ4n) is 1.43. The van der Waals surface area contributed by atoms with E-state index in [0.717, 1.165) is 5.56 Å². The van der Waals surface area contributed by atoms with Crippen LogP contribution in [0.5, 0.6) is 11.6 Å². The van der Waals surface area contributed by atoms with Gasteiger partial charge >= 0.3 is 0 Å². The van der Waals surface area contributed by atoms with Gasteiger partial charge in [-0.2, -0.15) is 0 Å². The van der Waals surface area contributed by atoms with Crippen LogP contribution < -0.4 is 10.5 Å². The van der Waals surface area contributed by atoms with Crippen molar-refractivity contribution in [3.8, 4) is 11.6 Å². The minimum Gasteiger partial charge on any atom is -0.437 e. The number of benzene rings is 1. The lowest BCUT2D eigenvalue weighted by Gasteiger charge is -2.09. The van der Waals surface area contributed by atoms with E-state index in [-0.39, 0.29) is 6.04 Å². The Labute approximate surface area is 115 Å². The van der Waals surface area contributed by atoms with Crippen molar-refractivity contribution >= 4 is 23.2 Å². The Morgan fingerprint density at radius 3 is 2.72 bits per heavy atom. The highest BCUT2D eigenvalue weighted by molar-refractivity contribution is 6.34. The quantitative estimate of drug-likeness (QED) is 0.918. The van der Waals surface area contributed by atoms with Crippen molar-refractivity contribution in [2.24, 2.45) is 5.73 Å². The van der Waals surface area contributed by atoms with Gasteiger partial charge in [-0.1, -0.05) is 23.2 Å². The van der Waals surface area contributed by atoms with Crippen molar-refractivity contribution in [2.45, 2.75) is 13.0 Å². The second-order valence-electron chi connectivity index (χ2n) is 3.89. The normalized spacial score (nSPS) is 12.2. The highest BCUT2D eigenvalue weighted by atomic mass is 35.5. The summed E-state index contributed by atoms with van der Waals surface area (Å²) in [5.74, 6) is 0.910. The fourth-order valence-corrected chi connectivity index (χ4v) is 1.75. The molecule has 2 aromatic rings. The van der Waals surface area contributed by atoms with Crippen LogP contribution in [0.3, 0.4) is 0 Å². The van der Waals surface area contributed by atoms with Gasteiger partial charge in [0.2, 0.25) is 5.88 Å². The van der Waals surface area contributed by atoms with E-state index in [1.165, 1.54) is 0 Å². The number of hydrogen-bond acceptors (Lipinski definition) is 3. The maximum Gasteiger partial charge on any atom is 0.219 e. The number of hydrogen-bond donors (Lipinski definition) is 1. The predicted molar refractivity (Wildman–Crippen MR) is 73.4 cm³/mol. The standard InChI is InChI=1S/C13H12Cl2N2O/c1-8(16)9-4-5-17-13(6-9)18-12-7-10(14)2-3-11(12)15/h2-8H,16H2,1H3/t8-/m0/s1. The van der Waals surface area contributed by atoms with Crippen LogP contribution in [0.25, 0.3) is 0 Å². The summed E-state index contributed by atoms with van der Waals surface area (Å²) in [7, 11) is 0. The molecule has 1 atom stereocenters. The Hall–Kier alpha value is -1.29. The first-order valence-electron chi connectivity index (χ1n) is 5.40. The summed E-state index contributed by atoms with van der Waals surface area (Å²) in [6.45, 7) is 1.89. The molecule has 1 heterocycles. The minimum atomic E-state index is -0.0785. The topological polar surface area (TPSA) is 48.1 Å². The highest BCUT2D eigenvalue weighted by Gasteiger charge is 2.07. The summed E-state index contributed by atoms with van der Waals surface area (Å²) in [4.78, 5) is 4.11. The lowest BCUT2D eigenvalue weighted by molar-refractivity contribution is 0.462. The van der Waals surface area contributed by atoms with Gasteiger partial charge < -0.3 is 10.5 Å². The first kappa shape index (κ1) is 13.1. The summed E-state index contributed by atoms with van der Waals surface area (Å²) in [5.41, 5.74) is 6.74. The summed E-state index contributed by atoms with van der Waals surface area (Å²) in [6.07, 6.45) is 1.65. The van der Waals surface area contributed by atoms with Gasteiger partial charge in [0.1, 0.15) is 5.75 Å². The van der Waals surface area contributed by atoms with Gasteiger partial charge in [-0.25, -0.2) is 4.98 Å². The van der Waals surface area contributed by atoms with Crippen molar-refractivity contribution < 1.29 is 4.74 Å². The third-order valence-electron chi connectivity index (χ3n) is 2.39. The molecular weight excluding hydrogens is 271 g/mol. The number of rotatable bonds is 3. The average molecular weight is 283 g/mol. The molecule has 2 rings (SSSR count). The Morgan fingerprint density at radius 2 is 2.00 bits per heavy atom. The highest BCUT2D eigenvalue weighted by Crippen LogP contribution is 2.31. The molecule has 1 aromatic heterocycles. The van der Waals surface area contributed by atoms with Gasteiger partial charge in [-0.15, -0.1) is 0 Å². The van der Waals surface area contributed by atoms with E-state index in [9.17, 15) is 0 Å². The molecule has 0 unspecified atom stereocenters. The molecule has 2 N–H and O–H groups in total. The van der Waals surface area contributed by atoms with Crippen molar-refractivity contribution in [1.29, 1.82) is 0 Å². The third-order valence-corrected chi connectivity index (χ3v) is 2.94. The van der Waals surface area contributed by atoms with Crippen molar-refractivity contribution in [3.63, 3.8) is 0 Å². The number of nitrogens with zero attached hydrogens (tertiary/aromatic N) is 1. The van der Waals surface area contributed by atoms with Gasteiger partial charge in [0.25, 0.3) is 0 Å². The van der Waals surface area contributed by atoms with Crippen LogP contribution in [0.4, 0.5) is 0 Å². The summed E-state index contributed by atoms with van der Waals surface area (Å²) >= 11 is 11.9. The molecule has 0 saturated heterocycles. The summed E-state index contributed by atoms with van der Waals surface area (Å²) in [5, 5.41) is 1.03. The maximum absolute atomic E-state index is 6.01. The molecule has 0 aliphatic rings. The minimum absolute atomic E-state index is 0.0785. The molecule has 0 fully saturated rings. The van der Waals surface area contributed by atoms with E-state index < -0.39 is 0 Å². The van der Waals surface area contributed by atoms with E-state index >= 15 is 0 Å². The molecule has 0 aliphatic carbocycles. The van der Waals surface area contributed by atoms with Gasteiger partial charge in [-0.05, 0) is 30.7 Å². The van der Waals surface area contributed by atoms with Crippen LogP contribution >= 0.6 is 23.2 Å². The predicted octanol–water partition coefficient (Wildman–Crippen LogP) is 4.20. The second kappa shape index (κ2) is 5.57. The Kier molecular flexibility index (Phi) is 4.07. The van der Waals surface area contributed by atoms with Crippen LogP contribution in [0.1, 0.15) is 18.5 Å². The van der Waals surface area contributed by atoms with Crippen LogP contribution in [0.2, 0.25) is 10.0 Å². The molecule has 1 aromatic carbocycles.